The molecule has 1 aromatic heterocycles. The highest BCUT2D eigenvalue weighted by atomic mass is 32.2. The fraction of sp³-hybridized carbons (Fsp3) is 0.312. The third kappa shape index (κ3) is 5.39. The van der Waals surface area contributed by atoms with Gasteiger partial charge in [0.15, 0.2) is 15.5 Å². The van der Waals surface area contributed by atoms with Gasteiger partial charge in [0.1, 0.15) is 5.75 Å². The van der Waals surface area contributed by atoms with Crippen molar-refractivity contribution in [3.63, 3.8) is 0 Å². The summed E-state index contributed by atoms with van der Waals surface area (Å²) >= 11 is 0. The van der Waals surface area contributed by atoms with Gasteiger partial charge in [0.25, 0.3) is 0 Å². The molecule has 9 nitrogen and oxygen atoms in total. The monoisotopic (exact) mass is 381 g/mol. The van der Waals surface area contributed by atoms with Crippen LogP contribution in [0.4, 0.5) is 5.95 Å². The molecule has 140 valence electrons. The number of aromatic nitrogens is 2. The number of hydrogen-bond donors (Lipinski definition) is 2. The van der Waals surface area contributed by atoms with Crippen molar-refractivity contribution < 1.29 is 27.8 Å². The van der Waals surface area contributed by atoms with Crippen LogP contribution < -0.4 is 10.1 Å². The minimum atomic E-state index is -3.32. The maximum absolute atomic E-state index is 11.5. The highest BCUT2D eigenvalue weighted by Gasteiger charge is 2.14. The van der Waals surface area contributed by atoms with E-state index in [1.54, 1.807) is 7.11 Å². The van der Waals surface area contributed by atoms with E-state index in [0.29, 0.717) is 12.4 Å². The lowest BCUT2D eigenvalue weighted by atomic mass is 10.3. The van der Waals surface area contributed by atoms with Crippen LogP contribution in [-0.4, -0.2) is 55.5 Å². The number of methoxy groups -OCH3 is 1. The molecule has 2 N–H and O–H groups in total. The molecular formula is C16H19N3O6S. The molecule has 0 saturated carbocycles. The van der Waals surface area contributed by atoms with Gasteiger partial charge in [0, 0.05) is 25.5 Å². The van der Waals surface area contributed by atoms with E-state index in [9.17, 15) is 18.3 Å². The lowest BCUT2D eigenvalue weighted by molar-refractivity contribution is 0.0690. The molecule has 0 fully saturated rings. The number of carbonyl (C=O) groups is 1. The smallest absolute Gasteiger partial charge is 0.354 e. The molecule has 0 aliphatic carbocycles. The zero-order valence-electron chi connectivity index (χ0n) is 14.5. The van der Waals surface area contributed by atoms with Crippen molar-refractivity contribution in [2.45, 2.75) is 17.9 Å². The number of anilines is 1. The molecule has 2 rings (SSSR count). The van der Waals surface area contributed by atoms with Crippen molar-refractivity contribution in [1.29, 1.82) is 0 Å². The number of carboxylic acids is 1. The van der Waals surface area contributed by atoms with Crippen LogP contribution >= 0.6 is 0 Å². The van der Waals surface area contributed by atoms with Crippen LogP contribution in [0.15, 0.2) is 35.2 Å². The first-order valence-electron chi connectivity index (χ1n) is 7.55. The Kier molecular flexibility index (Phi) is 6.11. The molecule has 1 unspecified atom stereocenters. The van der Waals surface area contributed by atoms with Gasteiger partial charge in [0.2, 0.25) is 11.8 Å². The van der Waals surface area contributed by atoms with Gasteiger partial charge in [-0.05, 0) is 31.2 Å². The van der Waals surface area contributed by atoms with Gasteiger partial charge in [0.05, 0.1) is 11.5 Å². The van der Waals surface area contributed by atoms with Crippen LogP contribution in [-0.2, 0) is 14.6 Å². The molecule has 0 saturated heterocycles. The van der Waals surface area contributed by atoms with Gasteiger partial charge in [-0.15, -0.1) is 0 Å². The molecule has 0 spiro atoms. The molecule has 10 heteroatoms. The Hall–Kier alpha value is -2.72. The second-order valence-electron chi connectivity index (χ2n) is 5.57. The van der Waals surface area contributed by atoms with E-state index in [4.69, 9.17) is 9.47 Å². The fourth-order valence-corrected chi connectivity index (χ4v) is 2.67. The van der Waals surface area contributed by atoms with E-state index in [2.05, 4.69) is 15.3 Å². The molecule has 1 aromatic carbocycles. The Morgan fingerprint density at radius 3 is 2.46 bits per heavy atom. The van der Waals surface area contributed by atoms with Crippen LogP contribution in [0.2, 0.25) is 0 Å². The van der Waals surface area contributed by atoms with Gasteiger partial charge in [-0.3, -0.25) is 0 Å². The van der Waals surface area contributed by atoms with Gasteiger partial charge < -0.3 is 19.9 Å². The Bertz CT molecular complexity index is 883. The van der Waals surface area contributed by atoms with Crippen LogP contribution in [0.1, 0.15) is 17.4 Å². The minimum Gasteiger partial charge on any atom is -0.477 e. The summed E-state index contributed by atoms with van der Waals surface area (Å²) in [6.07, 6.45) is 1.10. The lowest BCUT2D eigenvalue weighted by Crippen LogP contribution is -2.22. The van der Waals surface area contributed by atoms with Crippen molar-refractivity contribution in [3.05, 3.63) is 36.0 Å². The van der Waals surface area contributed by atoms with E-state index >= 15 is 0 Å². The molecular weight excluding hydrogens is 362 g/mol. The van der Waals surface area contributed by atoms with Crippen molar-refractivity contribution in [2.24, 2.45) is 0 Å². The van der Waals surface area contributed by atoms with Crippen LogP contribution in [0.25, 0.3) is 0 Å². The zero-order valence-corrected chi connectivity index (χ0v) is 15.3. The third-order valence-corrected chi connectivity index (χ3v) is 4.32. The molecule has 0 amide bonds. The van der Waals surface area contributed by atoms with Crippen LogP contribution in [0.5, 0.6) is 11.6 Å². The molecule has 1 heterocycles. The highest BCUT2D eigenvalue weighted by Crippen LogP contribution is 2.23. The number of hydrogen-bond acceptors (Lipinski definition) is 8. The van der Waals surface area contributed by atoms with Crippen molar-refractivity contribution in [1.82, 2.24) is 9.97 Å². The summed E-state index contributed by atoms with van der Waals surface area (Å²) in [6.45, 7) is 2.20. The first-order chi connectivity index (χ1) is 12.2. The second kappa shape index (κ2) is 8.11. The molecule has 0 aliphatic rings. The number of ether oxygens (including phenoxy) is 2. The summed E-state index contributed by atoms with van der Waals surface area (Å²) in [7, 11) is -1.77. The van der Waals surface area contributed by atoms with Gasteiger partial charge in [-0.25, -0.2) is 18.2 Å². The largest absolute Gasteiger partial charge is 0.477 e. The van der Waals surface area contributed by atoms with Crippen LogP contribution in [0, 0.1) is 0 Å². The maximum Gasteiger partial charge on any atom is 0.354 e. The SMILES string of the molecule is COCC(C)Nc1nc(Oc2ccc(S(C)(=O)=O)cc2)cc(C(=O)O)n1. The van der Waals surface area contributed by atoms with E-state index < -0.39 is 15.8 Å². The predicted molar refractivity (Wildman–Crippen MR) is 93.6 cm³/mol. The van der Waals surface area contributed by atoms with Crippen molar-refractivity contribution >= 4 is 21.8 Å². The topological polar surface area (TPSA) is 128 Å². The third-order valence-electron chi connectivity index (χ3n) is 3.19. The van der Waals surface area contributed by atoms with Gasteiger partial charge in [-0.1, -0.05) is 0 Å². The van der Waals surface area contributed by atoms with E-state index in [0.717, 1.165) is 6.26 Å². The first-order valence-corrected chi connectivity index (χ1v) is 9.44. The average molecular weight is 381 g/mol. The Morgan fingerprint density at radius 1 is 1.27 bits per heavy atom. The Labute approximate surface area is 150 Å². The molecule has 0 bridgehead atoms. The number of carboxylic acid groups (broad SMARTS) is 1. The Morgan fingerprint density at radius 2 is 1.92 bits per heavy atom. The normalized spacial score (nSPS) is 12.4. The number of nitrogens with zero attached hydrogens (tertiary/aromatic N) is 2. The first kappa shape index (κ1) is 19.6. The summed E-state index contributed by atoms with van der Waals surface area (Å²) in [5.41, 5.74) is -0.241. The number of nitrogens with one attached hydrogen (secondary N) is 1. The zero-order chi connectivity index (χ0) is 19.3. The van der Waals surface area contributed by atoms with E-state index in [1.807, 2.05) is 6.92 Å². The summed E-state index contributed by atoms with van der Waals surface area (Å²) in [4.78, 5) is 19.4. The number of benzene rings is 1. The standard InChI is InChI=1S/C16H19N3O6S/c1-10(9-24-2)17-16-18-13(15(20)21)8-14(19-16)25-11-4-6-12(7-5-11)26(3,22)23/h4-8,10H,9H2,1-3H3,(H,20,21)(H,17,18,19). The van der Waals surface area contributed by atoms with Gasteiger partial charge >= 0.3 is 5.97 Å². The molecule has 0 radical (unpaired) electrons. The molecule has 1 atom stereocenters. The summed E-state index contributed by atoms with van der Waals surface area (Å²) in [5.74, 6) is -0.829. The quantitative estimate of drug-likeness (QED) is 0.703. The summed E-state index contributed by atoms with van der Waals surface area (Å²) in [6, 6.07) is 6.73. The number of rotatable bonds is 8. The molecule has 26 heavy (non-hydrogen) atoms. The average Bonchev–Trinajstić information content (AvgIpc) is 2.54. The van der Waals surface area contributed by atoms with Crippen LogP contribution in [0.3, 0.4) is 0 Å². The fourth-order valence-electron chi connectivity index (χ4n) is 2.04. The number of aromatic carboxylic acids is 1. The van der Waals surface area contributed by atoms with Crippen molar-refractivity contribution in [3.8, 4) is 11.6 Å². The Balaban J connectivity index is 2.27. The van der Waals surface area contributed by atoms with Gasteiger partial charge in [-0.2, -0.15) is 4.98 Å². The molecule has 2 aromatic rings. The minimum absolute atomic E-state index is 0.0108. The van der Waals surface area contributed by atoms with E-state index in [-0.39, 0.29) is 28.5 Å². The summed E-state index contributed by atoms with van der Waals surface area (Å²) < 4.78 is 33.5. The summed E-state index contributed by atoms with van der Waals surface area (Å²) in [5, 5.41) is 12.1. The van der Waals surface area contributed by atoms with E-state index in [1.165, 1.54) is 30.3 Å². The highest BCUT2D eigenvalue weighted by molar-refractivity contribution is 7.90. The second-order valence-corrected chi connectivity index (χ2v) is 7.58. The predicted octanol–water partition coefficient (Wildman–Crippen LogP) is 1.82. The number of sulfone groups is 1. The maximum atomic E-state index is 11.5. The van der Waals surface area contributed by atoms with Crippen molar-refractivity contribution in [2.75, 3.05) is 25.3 Å². The lowest BCUT2D eigenvalue weighted by Gasteiger charge is -2.14. The molecule has 0 aliphatic heterocycles.